The van der Waals surface area contributed by atoms with Crippen LogP contribution in [-0.2, 0) is 14.3 Å². The van der Waals surface area contributed by atoms with Gasteiger partial charge in [0, 0.05) is 52.1 Å². The van der Waals surface area contributed by atoms with Crippen molar-refractivity contribution in [2.24, 2.45) is 0 Å². The van der Waals surface area contributed by atoms with Crippen LogP contribution in [0.5, 0.6) is 0 Å². The van der Waals surface area contributed by atoms with Crippen LogP contribution < -0.4 is 5.32 Å². The second kappa shape index (κ2) is 8.10. The molecule has 1 atom stereocenters. The number of nitrogens with one attached hydrogen (secondary N) is 1. The Morgan fingerprint density at radius 3 is 2.75 bits per heavy atom. The van der Waals surface area contributed by atoms with Crippen LogP contribution in [0.15, 0.2) is 30.3 Å². The topological polar surface area (TPSA) is 50.8 Å². The van der Waals surface area contributed by atoms with Crippen LogP contribution >= 0.6 is 0 Å². The van der Waals surface area contributed by atoms with E-state index in [2.05, 4.69) is 10.2 Å². The number of amides is 1. The fourth-order valence-corrected chi connectivity index (χ4v) is 3.56. The summed E-state index contributed by atoms with van der Waals surface area (Å²) in [5, 5.41) is 3.09. The number of nitrogens with zero attached hydrogens (tertiary/aromatic N) is 1. The Labute approximate surface area is 144 Å². The summed E-state index contributed by atoms with van der Waals surface area (Å²) >= 11 is 0. The van der Waals surface area contributed by atoms with Crippen LogP contribution in [0.4, 0.5) is 0 Å². The summed E-state index contributed by atoms with van der Waals surface area (Å²) in [6, 6.07) is 10.1. The van der Waals surface area contributed by atoms with E-state index >= 15 is 0 Å². The second-order valence-electron chi connectivity index (χ2n) is 6.87. The minimum atomic E-state index is -0.0513. The minimum absolute atomic E-state index is 0.0465. The van der Waals surface area contributed by atoms with Crippen molar-refractivity contribution in [1.29, 1.82) is 0 Å². The second-order valence-corrected chi connectivity index (χ2v) is 6.87. The van der Waals surface area contributed by atoms with Crippen LogP contribution in [0.25, 0.3) is 0 Å². The quantitative estimate of drug-likeness (QED) is 0.897. The molecule has 5 heteroatoms. The van der Waals surface area contributed by atoms with Gasteiger partial charge in [-0.3, -0.25) is 9.69 Å². The number of rotatable bonds is 5. The van der Waals surface area contributed by atoms with Crippen molar-refractivity contribution < 1.29 is 14.3 Å². The van der Waals surface area contributed by atoms with Gasteiger partial charge in [-0.15, -0.1) is 0 Å². The van der Waals surface area contributed by atoms with E-state index in [1.54, 1.807) is 0 Å². The summed E-state index contributed by atoms with van der Waals surface area (Å²) in [6.07, 6.45) is 2.45. The SMILES string of the molecule is C[C@H](NC(=O)CCN1CCOC2(CCOCC2)C1)c1ccccc1. The van der Waals surface area contributed by atoms with Gasteiger partial charge in [-0.25, -0.2) is 0 Å². The molecule has 5 nitrogen and oxygen atoms in total. The molecule has 0 unspecified atom stereocenters. The number of carbonyl (C=O) groups excluding carboxylic acids is 1. The van der Waals surface area contributed by atoms with Crippen molar-refractivity contribution >= 4 is 5.91 Å². The normalized spacial score (nSPS) is 22.2. The van der Waals surface area contributed by atoms with E-state index in [-0.39, 0.29) is 17.6 Å². The molecule has 24 heavy (non-hydrogen) atoms. The maximum absolute atomic E-state index is 12.2. The first kappa shape index (κ1) is 17.4. The molecule has 2 heterocycles. The van der Waals surface area contributed by atoms with Crippen LogP contribution in [0.2, 0.25) is 0 Å². The highest BCUT2D eigenvalue weighted by Crippen LogP contribution is 2.29. The molecule has 1 amide bonds. The van der Waals surface area contributed by atoms with Gasteiger partial charge in [0.05, 0.1) is 18.2 Å². The lowest BCUT2D eigenvalue weighted by Crippen LogP contribution is -2.54. The summed E-state index contributed by atoms with van der Waals surface area (Å²) in [4.78, 5) is 14.6. The molecule has 0 aliphatic carbocycles. The highest BCUT2D eigenvalue weighted by Gasteiger charge is 2.38. The number of morpholine rings is 1. The van der Waals surface area contributed by atoms with E-state index in [1.165, 1.54) is 0 Å². The van der Waals surface area contributed by atoms with Gasteiger partial charge in [-0.1, -0.05) is 30.3 Å². The Morgan fingerprint density at radius 2 is 2.00 bits per heavy atom. The molecule has 2 aliphatic rings. The molecule has 0 bridgehead atoms. The van der Waals surface area contributed by atoms with Crippen molar-refractivity contribution in [1.82, 2.24) is 10.2 Å². The summed E-state index contributed by atoms with van der Waals surface area (Å²) in [6.45, 7) is 6.95. The predicted octanol–water partition coefficient (Wildman–Crippen LogP) is 2.14. The zero-order valence-corrected chi connectivity index (χ0v) is 14.5. The van der Waals surface area contributed by atoms with E-state index < -0.39 is 0 Å². The Bertz CT molecular complexity index is 523. The van der Waals surface area contributed by atoms with Gasteiger partial charge in [0.2, 0.25) is 5.91 Å². The average Bonchev–Trinajstić information content (AvgIpc) is 2.61. The standard InChI is InChI=1S/C19H28N2O3/c1-16(17-5-3-2-4-6-17)20-18(22)7-10-21-11-14-24-19(15-21)8-12-23-13-9-19/h2-6,16H,7-15H2,1H3,(H,20,22)/t16-/m0/s1. The maximum atomic E-state index is 12.2. The van der Waals surface area contributed by atoms with Gasteiger partial charge in [-0.05, 0) is 12.5 Å². The number of hydrogen-bond acceptors (Lipinski definition) is 4. The monoisotopic (exact) mass is 332 g/mol. The summed E-state index contributed by atoms with van der Waals surface area (Å²) < 4.78 is 11.5. The number of hydrogen-bond donors (Lipinski definition) is 1. The van der Waals surface area contributed by atoms with Crippen molar-refractivity contribution in [2.75, 3.05) is 39.5 Å². The molecule has 0 aromatic heterocycles. The van der Waals surface area contributed by atoms with E-state index in [1.807, 2.05) is 37.3 Å². The smallest absolute Gasteiger partial charge is 0.221 e. The molecule has 0 radical (unpaired) electrons. The van der Waals surface area contributed by atoms with Crippen LogP contribution in [-0.4, -0.2) is 55.9 Å². The van der Waals surface area contributed by atoms with Crippen molar-refractivity contribution in [3.05, 3.63) is 35.9 Å². The molecule has 1 aromatic carbocycles. The third kappa shape index (κ3) is 4.56. The molecule has 2 aliphatic heterocycles. The molecular formula is C19H28N2O3. The molecule has 2 fully saturated rings. The number of ether oxygens (including phenoxy) is 2. The zero-order valence-electron chi connectivity index (χ0n) is 14.5. The summed E-state index contributed by atoms with van der Waals surface area (Å²) in [5.74, 6) is 0.110. The average molecular weight is 332 g/mol. The van der Waals surface area contributed by atoms with E-state index in [4.69, 9.17) is 9.47 Å². The van der Waals surface area contributed by atoms with Gasteiger partial charge >= 0.3 is 0 Å². The highest BCUT2D eigenvalue weighted by atomic mass is 16.5. The molecule has 0 saturated carbocycles. The molecular weight excluding hydrogens is 304 g/mol. The van der Waals surface area contributed by atoms with Gasteiger partial charge in [0.15, 0.2) is 0 Å². The Kier molecular flexibility index (Phi) is 5.87. The molecule has 1 spiro atoms. The van der Waals surface area contributed by atoms with E-state index in [0.717, 1.165) is 57.9 Å². The lowest BCUT2D eigenvalue weighted by Gasteiger charge is -2.44. The van der Waals surface area contributed by atoms with Crippen molar-refractivity contribution in [3.63, 3.8) is 0 Å². The fraction of sp³-hybridized carbons (Fsp3) is 0.632. The van der Waals surface area contributed by atoms with Gasteiger partial charge in [0.1, 0.15) is 0 Å². The predicted molar refractivity (Wildman–Crippen MR) is 92.8 cm³/mol. The maximum Gasteiger partial charge on any atom is 0.221 e. The third-order valence-corrected chi connectivity index (χ3v) is 5.06. The lowest BCUT2D eigenvalue weighted by molar-refractivity contribution is -0.154. The minimum Gasteiger partial charge on any atom is -0.381 e. The van der Waals surface area contributed by atoms with E-state index in [9.17, 15) is 4.79 Å². The van der Waals surface area contributed by atoms with Crippen LogP contribution in [0.3, 0.4) is 0 Å². The molecule has 1 N–H and O–H groups in total. The van der Waals surface area contributed by atoms with Crippen LogP contribution in [0, 0.1) is 0 Å². The highest BCUT2D eigenvalue weighted by molar-refractivity contribution is 5.76. The van der Waals surface area contributed by atoms with E-state index in [0.29, 0.717) is 6.42 Å². The Morgan fingerprint density at radius 1 is 1.25 bits per heavy atom. The fourth-order valence-electron chi connectivity index (χ4n) is 3.56. The van der Waals surface area contributed by atoms with Crippen molar-refractivity contribution in [3.8, 4) is 0 Å². The van der Waals surface area contributed by atoms with Crippen LogP contribution in [0.1, 0.15) is 37.8 Å². The first-order valence-electron chi connectivity index (χ1n) is 8.95. The molecule has 3 rings (SSSR count). The third-order valence-electron chi connectivity index (χ3n) is 5.06. The molecule has 132 valence electrons. The molecule has 2 saturated heterocycles. The molecule has 1 aromatic rings. The first-order valence-corrected chi connectivity index (χ1v) is 8.95. The Balaban J connectivity index is 1.44. The summed E-state index contributed by atoms with van der Waals surface area (Å²) in [7, 11) is 0. The largest absolute Gasteiger partial charge is 0.381 e. The Hall–Kier alpha value is -1.43. The summed E-state index contributed by atoms with van der Waals surface area (Å²) in [5.41, 5.74) is 1.09. The number of carbonyl (C=O) groups is 1. The van der Waals surface area contributed by atoms with Gasteiger partial charge in [0.25, 0.3) is 0 Å². The van der Waals surface area contributed by atoms with Crippen molar-refractivity contribution in [2.45, 2.75) is 37.8 Å². The van der Waals surface area contributed by atoms with Gasteiger partial charge < -0.3 is 14.8 Å². The van der Waals surface area contributed by atoms with Gasteiger partial charge in [-0.2, -0.15) is 0 Å². The number of benzene rings is 1. The zero-order chi connectivity index (χ0) is 16.8. The first-order chi connectivity index (χ1) is 11.7. The lowest BCUT2D eigenvalue weighted by atomic mass is 9.92.